The van der Waals surface area contributed by atoms with Gasteiger partial charge in [-0.05, 0) is 30.4 Å². The number of hydrogen-bond acceptors (Lipinski definition) is 3. The molecule has 2 unspecified atom stereocenters. The average Bonchev–Trinajstić information content (AvgIpc) is 2.33. The summed E-state index contributed by atoms with van der Waals surface area (Å²) in [5.74, 6) is 1.61. The zero-order valence-corrected chi connectivity index (χ0v) is 10.2. The van der Waals surface area contributed by atoms with Crippen molar-refractivity contribution in [1.82, 2.24) is 4.98 Å². The maximum atomic E-state index is 5.62. The Labute approximate surface area is 97.7 Å². The second kappa shape index (κ2) is 4.83. The molecule has 2 N–H and O–H groups in total. The van der Waals surface area contributed by atoms with E-state index in [2.05, 4.69) is 35.9 Å². The molecule has 0 spiro atoms. The summed E-state index contributed by atoms with van der Waals surface area (Å²) < 4.78 is 0. The van der Waals surface area contributed by atoms with E-state index in [-0.39, 0.29) is 0 Å². The van der Waals surface area contributed by atoms with Crippen molar-refractivity contribution in [3.05, 3.63) is 24.0 Å². The van der Waals surface area contributed by atoms with Crippen molar-refractivity contribution in [2.45, 2.75) is 26.8 Å². The summed E-state index contributed by atoms with van der Waals surface area (Å²) in [6.45, 7) is 7.50. The van der Waals surface area contributed by atoms with Gasteiger partial charge in [-0.15, -0.1) is 0 Å². The Morgan fingerprint density at radius 3 is 2.94 bits per heavy atom. The molecule has 0 amide bonds. The van der Waals surface area contributed by atoms with Gasteiger partial charge in [-0.2, -0.15) is 0 Å². The van der Waals surface area contributed by atoms with Gasteiger partial charge in [0.15, 0.2) is 0 Å². The minimum Gasteiger partial charge on any atom is -0.371 e. The zero-order chi connectivity index (χ0) is 11.5. The molecule has 3 nitrogen and oxygen atoms in total. The van der Waals surface area contributed by atoms with Crippen LogP contribution in [0, 0.1) is 11.8 Å². The van der Waals surface area contributed by atoms with E-state index >= 15 is 0 Å². The van der Waals surface area contributed by atoms with Crippen LogP contribution in [-0.2, 0) is 6.54 Å². The third kappa shape index (κ3) is 2.35. The van der Waals surface area contributed by atoms with Crippen LogP contribution in [0.3, 0.4) is 0 Å². The first-order chi connectivity index (χ1) is 7.70. The molecule has 0 bridgehead atoms. The van der Waals surface area contributed by atoms with Crippen LogP contribution in [0.15, 0.2) is 18.3 Å². The lowest BCUT2D eigenvalue weighted by atomic mass is 9.88. The smallest absolute Gasteiger partial charge is 0.0560 e. The number of nitrogens with two attached hydrogens (primary N) is 1. The summed E-state index contributed by atoms with van der Waals surface area (Å²) in [4.78, 5) is 6.68. The molecule has 2 atom stereocenters. The lowest BCUT2D eigenvalue weighted by Crippen LogP contribution is -2.38. The van der Waals surface area contributed by atoms with Gasteiger partial charge in [-0.25, -0.2) is 0 Å². The van der Waals surface area contributed by atoms with Crippen LogP contribution in [-0.4, -0.2) is 18.1 Å². The molecule has 88 valence electrons. The standard InChI is InChI=1S/C13H21N3/c1-10-4-6-16(9-11(10)2)13-3-5-15-12(7-13)8-14/h3,5,7,10-11H,4,6,8-9,14H2,1-2H3. The Bertz CT molecular complexity index is 351. The van der Waals surface area contributed by atoms with Gasteiger partial charge in [0.1, 0.15) is 0 Å². The maximum absolute atomic E-state index is 5.62. The highest BCUT2D eigenvalue weighted by Gasteiger charge is 2.22. The van der Waals surface area contributed by atoms with Crippen molar-refractivity contribution >= 4 is 5.69 Å². The van der Waals surface area contributed by atoms with E-state index in [0.717, 1.165) is 30.6 Å². The Morgan fingerprint density at radius 1 is 1.44 bits per heavy atom. The van der Waals surface area contributed by atoms with Crippen molar-refractivity contribution in [3.63, 3.8) is 0 Å². The van der Waals surface area contributed by atoms with Gasteiger partial charge in [0.05, 0.1) is 5.69 Å². The molecule has 1 fully saturated rings. The summed E-state index contributed by atoms with van der Waals surface area (Å²) in [6.07, 6.45) is 3.14. The Balaban J connectivity index is 2.12. The van der Waals surface area contributed by atoms with Crippen molar-refractivity contribution < 1.29 is 0 Å². The molecule has 1 saturated heterocycles. The lowest BCUT2D eigenvalue weighted by Gasteiger charge is -2.36. The van der Waals surface area contributed by atoms with Crippen LogP contribution in [0.1, 0.15) is 26.0 Å². The van der Waals surface area contributed by atoms with Crippen LogP contribution >= 0.6 is 0 Å². The number of nitrogens with zero attached hydrogens (tertiary/aromatic N) is 2. The Morgan fingerprint density at radius 2 is 2.25 bits per heavy atom. The van der Waals surface area contributed by atoms with E-state index in [1.807, 2.05) is 6.20 Å². The molecule has 16 heavy (non-hydrogen) atoms. The second-order valence-electron chi connectivity index (χ2n) is 4.90. The summed E-state index contributed by atoms with van der Waals surface area (Å²) in [6, 6.07) is 4.20. The summed E-state index contributed by atoms with van der Waals surface area (Å²) >= 11 is 0. The highest BCUT2D eigenvalue weighted by Crippen LogP contribution is 2.26. The van der Waals surface area contributed by atoms with Crippen molar-refractivity contribution in [3.8, 4) is 0 Å². The monoisotopic (exact) mass is 219 g/mol. The molecule has 2 heterocycles. The van der Waals surface area contributed by atoms with Gasteiger partial charge in [0, 0.05) is 31.5 Å². The van der Waals surface area contributed by atoms with E-state index in [4.69, 9.17) is 5.73 Å². The van der Waals surface area contributed by atoms with Gasteiger partial charge in [0.25, 0.3) is 0 Å². The normalized spacial score (nSPS) is 25.8. The summed E-state index contributed by atoms with van der Waals surface area (Å²) in [7, 11) is 0. The fourth-order valence-electron chi connectivity index (χ4n) is 2.27. The Hall–Kier alpha value is -1.09. The summed E-state index contributed by atoms with van der Waals surface area (Å²) in [5.41, 5.74) is 7.86. The molecule has 1 aliphatic heterocycles. The SMILES string of the molecule is CC1CCN(c2ccnc(CN)c2)CC1C. The molecule has 1 aliphatic rings. The molecular weight excluding hydrogens is 198 g/mol. The van der Waals surface area contributed by atoms with Crippen molar-refractivity contribution in [2.24, 2.45) is 17.6 Å². The molecule has 2 rings (SSSR count). The minimum absolute atomic E-state index is 0.521. The second-order valence-corrected chi connectivity index (χ2v) is 4.90. The first kappa shape index (κ1) is 11.4. The fourth-order valence-corrected chi connectivity index (χ4v) is 2.27. The van der Waals surface area contributed by atoms with E-state index in [1.165, 1.54) is 12.1 Å². The predicted octanol–water partition coefficient (Wildman–Crippen LogP) is 2.02. The lowest BCUT2D eigenvalue weighted by molar-refractivity contribution is 0.324. The topological polar surface area (TPSA) is 42.2 Å². The highest BCUT2D eigenvalue weighted by atomic mass is 15.1. The fraction of sp³-hybridized carbons (Fsp3) is 0.615. The van der Waals surface area contributed by atoms with Crippen molar-refractivity contribution in [2.75, 3.05) is 18.0 Å². The molecule has 0 radical (unpaired) electrons. The van der Waals surface area contributed by atoms with E-state index < -0.39 is 0 Å². The van der Waals surface area contributed by atoms with E-state index in [1.54, 1.807) is 0 Å². The van der Waals surface area contributed by atoms with Gasteiger partial charge < -0.3 is 10.6 Å². The molecule has 0 saturated carbocycles. The summed E-state index contributed by atoms with van der Waals surface area (Å²) in [5, 5.41) is 0. The quantitative estimate of drug-likeness (QED) is 0.827. The first-order valence-electron chi connectivity index (χ1n) is 6.10. The third-order valence-electron chi connectivity index (χ3n) is 3.71. The van der Waals surface area contributed by atoms with E-state index in [0.29, 0.717) is 6.54 Å². The van der Waals surface area contributed by atoms with Crippen LogP contribution in [0.25, 0.3) is 0 Å². The number of hydrogen-bond donors (Lipinski definition) is 1. The molecule has 1 aromatic rings. The first-order valence-corrected chi connectivity index (χ1v) is 6.10. The van der Waals surface area contributed by atoms with Gasteiger partial charge >= 0.3 is 0 Å². The number of piperidine rings is 1. The Kier molecular flexibility index (Phi) is 3.44. The number of aromatic nitrogens is 1. The number of pyridine rings is 1. The molecule has 0 aromatic carbocycles. The largest absolute Gasteiger partial charge is 0.371 e. The molecule has 1 aromatic heterocycles. The van der Waals surface area contributed by atoms with E-state index in [9.17, 15) is 0 Å². The predicted molar refractivity (Wildman–Crippen MR) is 67.3 cm³/mol. The van der Waals surface area contributed by atoms with Gasteiger partial charge in [0.2, 0.25) is 0 Å². The zero-order valence-electron chi connectivity index (χ0n) is 10.2. The van der Waals surface area contributed by atoms with Crippen LogP contribution in [0.4, 0.5) is 5.69 Å². The third-order valence-corrected chi connectivity index (χ3v) is 3.71. The number of rotatable bonds is 2. The van der Waals surface area contributed by atoms with Crippen LogP contribution < -0.4 is 10.6 Å². The van der Waals surface area contributed by atoms with Crippen LogP contribution in [0.5, 0.6) is 0 Å². The van der Waals surface area contributed by atoms with Crippen molar-refractivity contribution in [1.29, 1.82) is 0 Å². The maximum Gasteiger partial charge on any atom is 0.0560 e. The van der Waals surface area contributed by atoms with Crippen LogP contribution in [0.2, 0.25) is 0 Å². The molecular formula is C13H21N3. The minimum atomic E-state index is 0.521. The van der Waals surface area contributed by atoms with Gasteiger partial charge in [-0.3, -0.25) is 4.98 Å². The number of anilines is 1. The average molecular weight is 219 g/mol. The van der Waals surface area contributed by atoms with Gasteiger partial charge in [-0.1, -0.05) is 13.8 Å². The molecule has 0 aliphatic carbocycles. The molecule has 3 heteroatoms. The highest BCUT2D eigenvalue weighted by molar-refractivity contribution is 5.47.